The smallest absolute Gasteiger partial charge is 0.309 e. The number of hydrogen-bond acceptors (Lipinski definition) is 4. The van der Waals surface area contributed by atoms with Crippen LogP contribution in [0.5, 0.6) is 5.75 Å². The summed E-state index contributed by atoms with van der Waals surface area (Å²) in [4.78, 5) is 11.8. The Labute approximate surface area is 126 Å². The fourth-order valence-electron chi connectivity index (χ4n) is 2.76. The highest BCUT2D eigenvalue weighted by Gasteiger charge is 2.22. The normalized spacial score (nSPS) is 21.8. The molecule has 0 amide bonds. The zero-order valence-electron chi connectivity index (χ0n) is 12.7. The molecule has 1 fully saturated rings. The minimum absolute atomic E-state index is 0.0992. The van der Waals surface area contributed by atoms with E-state index in [4.69, 9.17) is 15.2 Å². The third-order valence-electron chi connectivity index (χ3n) is 4.15. The van der Waals surface area contributed by atoms with Gasteiger partial charge in [-0.25, -0.2) is 0 Å². The number of esters is 1. The van der Waals surface area contributed by atoms with Crippen LogP contribution >= 0.6 is 0 Å². The Kier molecular flexibility index (Phi) is 5.90. The predicted molar refractivity (Wildman–Crippen MR) is 83.1 cm³/mol. The van der Waals surface area contributed by atoms with Gasteiger partial charge in [0.2, 0.25) is 0 Å². The average Bonchev–Trinajstić information content (AvgIpc) is 2.50. The molecule has 2 rings (SSSR count). The van der Waals surface area contributed by atoms with E-state index < -0.39 is 0 Å². The van der Waals surface area contributed by atoms with Crippen LogP contribution in [0.3, 0.4) is 0 Å². The number of rotatable bonds is 6. The number of nitrogens with two attached hydrogens (primary N) is 1. The lowest BCUT2D eigenvalue weighted by Gasteiger charge is -2.27. The Morgan fingerprint density at radius 3 is 2.62 bits per heavy atom. The maximum Gasteiger partial charge on any atom is 0.309 e. The quantitative estimate of drug-likeness (QED) is 0.643. The first kappa shape index (κ1) is 15.7. The molecule has 0 unspecified atom stereocenters. The van der Waals surface area contributed by atoms with Crippen LogP contribution in [0.15, 0.2) is 24.3 Å². The first-order valence-electron chi connectivity index (χ1n) is 7.85. The van der Waals surface area contributed by atoms with Gasteiger partial charge in [-0.2, -0.15) is 0 Å². The van der Waals surface area contributed by atoms with E-state index in [0.29, 0.717) is 18.0 Å². The second-order valence-electron chi connectivity index (χ2n) is 5.68. The van der Waals surface area contributed by atoms with Crippen molar-refractivity contribution in [3.63, 3.8) is 0 Å². The van der Waals surface area contributed by atoms with Crippen molar-refractivity contribution >= 4 is 11.7 Å². The van der Waals surface area contributed by atoms with Gasteiger partial charge >= 0.3 is 5.97 Å². The van der Waals surface area contributed by atoms with Crippen molar-refractivity contribution in [3.05, 3.63) is 24.3 Å². The highest BCUT2D eigenvalue weighted by molar-refractivity contribution is 5.69. The topological polar surface area (TPSA) is 61.5 Å². The van der Waals surface area contributed by atoms with Crippen molar-refractivity contribution in [1.82, 2.24) is 0 Å². The number of hydrogen-bond donors (Lipinski definition) is 1. The molecule has 21 heavy (non-hydrogen) atoms. The zero-order chi connectivity index (χ0) is 15.1. The van der Waals surface area contributed by atoms with Gasteiger partial charge in [-0.15, -0.1) is 0 Å². The van der Waals surface area contributed by atoms with E-state index in [0.717, 1.165) is 18.8 Å². The molecule has 1 saturated carbocycles. The molecule has 0 spiro atoms. The Balaban J connectivity index is 1.65. The first-order valence-corrected chi connectivity index (χ1v) is 7.85. The summed E-state index contributed by atoms with van der Waals surface area (Å²) in [5, 5.41) is 0. The van der Waals surface area contributed by atoms with Crippen molar-refractivity contribution in [1.29, 1.82) is 0 Å². The Morgan fingerprint density at radius 2 is 1.95 bits per heavy atom. The molecule has 0 heterocycles. The third kappa shape index (κ3) is 4.96. The molecule has 116 valence electrons. The lowest BCUT2D eigenvalue weighted by molar-refractivity contribution is -0.151. The highest BCUT2D eigenvalue weighted by Crippen LogP contribution is 2.28. The number of benzene rings is 1. The van der Waals surface area contributed by atoms with Gasteiger partial charge in [0.1, 0.15) is 11.9 Å². The van der Waals surface area contributed by atoms with Crippen LogP contribution in [0.1, 0.15) is 45.4 Å². The summed E-state index contributed by atoms with van der Waals surface area (Å²) >= 11 is 0. The molecule has 0 aromatic heterocycles. The van der Waals surface area contributed by atoms with Gasteiger partial charge in [0, 0.05) is 0 Å². The summed E-state index contributed by atoms with van der Waals surface area (Å²) in [5.74, 6) is 1.25. The number of ether oxygens (including phenoxy) is 2. The maximum atomic E-state index is 11.8. The molecule has 4 heteroatoms. The average molecular weight is 291 g/mol. The number of carbonyl (C=O) groups excluding carboxylic acids is 1. The summed E-state index contributed by atoms with van der Waals surface area (Å²) in [6.07, 6.45) is 5.93. The maximum absolute atomic E-state index is 11.8. The lowest BCUT2D eigenvalue weighted by atomic mass is 9.86. The second-order valence-corrected chi connectivity index (χ2v) is 5.68. The standard InChI is InChI=1S/C17H25NO3/c1-2-13-7-9-14(10-8-13)21-17(19)11-12-20-16-6-4-3-5-15(16)18/h3-6,13-14H,2,7-12,18H2,1H3. The van der Waals surface area contributed by atoms with Gasteiger partial charge in [0.15, 0.2) is 0 Å². The van der Waals surface area contributed by atoms with Crippen molar-refractivity contribution in [2.24, 2.45) is 5.92 Å². The van der Waals surface area contributed by atoms with Crippen molar-refractivity contribution in [2.75, 3.05) is 12.3 Å². The molecule has 1 aromatic carbocycles. The molecule has 1 aromatic rings. The van der Waals surface area contributed by atoms with Crippen LogP contribution in [0.25, 0.3) is 0 Å². The lowest BCUT2D eigenvalue weighted by Crippen LogP contribution is -2.25. The summed E-state index contributed by atoms with van der Waals surface area (Å²) in [7, 11) is 0. The predicted octanol–water partition coefficient (Wildman–Crippen LogP) is 3.55. The minimum atomic E-state index is -0.176. The van der Waals surface area contributed by atoms with E-state index in [9.17, 15) is 4.79 Å². The van der Waals surface area contributed by atoms with E-state index in [2.05, 4.69) is 6.92 Å². The number of anilines is 1. The van der Waals surface area contributed by atoms with Gasteiger partial charge in [-0.05, 0) is 43.7 Å². The Bertz CT molecular complexity index is 453. The SMILES string of the molecule is CCC1CCC(OC(=O)CCOc2ccccc2N)CC1. The van der Waals surface area contributed by atoms with Crippen molar-refractivity contribution in [3.8, 4) is 5.75 Å². The third-order valence-corrected chi connectivity index (χ3v) is 4.15. The van der Waals surface area contributed by atoms with Gasteiger partial charge in [0.05, 0.1) is 18.7 Å². The minimum Gasteiger partial charge on any atom is -0.491 e. The molecule has 1 aliphatic rings. The van der Waals surface area contributed by atoms with Gasteiger partial charge in [-0.3, -0.25) is 4.79 Å². The van der Waals surface area contributed by atoms with E-state index in [1.54, 1.807) is 12.1 Å². The molecule has 0 saturated heterocycles. The molecule has 0 radical (unpaired) electrons. The van der Waals surface area contributed by atoms with Crippen LogP contribution in [0, 0.1) is 5.92 Å². The summed E-state index contributed by atoms with van der Waals surface area (Å²) in [6.45, 7) is 2.53. The monoisotopic (exact) mass is 291 g/mol. The number of carbonyl (C=O) groups is 1. The fraction of sp³-hybridized carbons (Fsp3) is 0.588. The molecular weight excluding hydrogens is 266 g/mol. The Hall–Kier alpha value is -1.71. The number of para-hydroxylation sites is 2. The molecule has 2 N–H and O–H groups in total. The van der Waals surface area contributed by atoms with Crippen LogP contribution in [0.4, 0.5) is 5.69 Å². The summed E-state index contributed by atoms with van der Waals surface area (Å²) in [5.41, 5.74) is 6.36. The highest BCUT2D eigenvalue weighted by atomic mass is 16.5. The zero-order valence-corrected chi connectivity index (χ0v) is 12.7. The van der Waals surface area contributed by atoms with E-state index in [-0.39, 0.29) is 18.5 Å². The van der Waals surface area contributed by atoms with Crippen LogP contribution in [0.2, 0.25) is 0 Å². The fourth-order valence-corrected chi connectivity index (χ4v) is 2.76. The molecule has 0 aliphatic heterocycles. The summed E-state index contributed by atoms with van der Waals surface area (Å²) < 4.78 is 11.0. The van der Waals surface area contributed by atoms with Crippen molar-refractivity contribution < 1.29 is 14.3 Å². The number of nitrogen functional groups attached to an aromatic ring is 1. The van der Waals surface area contributed by atoms with Crippen LogP contribution < -0.4 is 10.5 Å². The Morgan fingerprint density at radius 1 is 1.24 bits per heavy atom. The largest absolute Gasteiger partial charge is 0.491 e. The van der Waals surface area contributed by atoms with Gasteiger partial charge in [-0.1, -0.05) is 25.5 Å². The molecule has 0 bridgehead atoms. The summed E-state index contributed by atoms with van der Waals surface area (Å²) in [6, 6.07) is 7.28. The molecule has 1 aliphatic carbocycles. The van der Waals surface area contributed by atoms with E-state index in [1.807, 2.05) is 12.1 Å². The van der Waals surface area contributed by atoms with Crippen LogP contribution in [-0.2, 0) is 9.53 Å². The van der Waals surface area contributed by atoms with Crippen LogP contribution in [-0.4, -0.2) is 18.7 Å². The van der Waals surface area contributed by atoms with Gasteiger partial charge in [0.25, 0.3) is 0 Å². The van der Waals surface area contributed by atoms with E-state index in [1.165, 1.54) is 19.3 Å². The second kappa shape index (κ2) is 7.91. The molecule has 0 atom stereocenters. The van der Waals surface area contributed by atoms with Crippen molar-refractivity contribution in [2.45, 2.75) is 51.6 Å². The first-order chi connectivity index (χ1) is 10.2. The molecular formula is C17H25NO3. The van der Waals surface area contributed by atoms with E-state index >= 15 is 0 Å². The molecule has 4 nitrogen and oxygen atoms in total. The van der Waals surface area contributed by atoms with Gasteiger partial charge < -0.3 is 15.2 Å².